The summed E-state index contributed by atoms with van der Waals surface area (Å²) in [6.45, 7) is 0.0173. The van der Waals surface area contributed by atoms with Crippen LogP contribution in [0.2, 0.25) is 0 Å². The van der Waals surface area contributed by atoms with Gasteiger partial charge < -0.3 is 10.5 Å². The molecular weight excluding hydrogens is 296 g/mol. The van der Waals surface area contributed by atoms with Gasteiger partial charge in [-0.15, -0.1) is 0 Å². The summed E-state index contributed by atoms with van der Waals surface area (Å²) in [5.74, 6) is -0.225. The monoisotopic (exact) mass is 310 g/mol. The molecule has 1 heterocycles. The topological polar surface area (TPSA) is 127 Å². The number of carbonyl (C=O) groups is 1. The maximum atomic E-state index is 12.1. The Labute approximate surface area is 121 Å². The normalized spacial score (nSPS) is 11.3. The van der Waals surface area contributed by atoms with E-state index in [1.165, 1.54) is 37.6 Å². The van der Waals surface area contributed by atoms with Crippen LogP contribution in [-0.4, -0.2) is 31.7 Å². The van der Waals surface area contributed by atoms with Crippen molar-refractivity contribution in [1.82, 2.24) is 14.9 Å². The van der Waals surface area contributed by atoms with Crippen LogP contribution in [0.25, 0.3) is 0 Å². The Bertz CT molecular complexity index is 737. The summed E-state index contributed by atoms with van der Waals surface area (Å²) in [7, 11) is -2.45. The minimum Gasteiger partial charge on any atom is -0.465 e. The summed E-state index contributed by atoms with van der Waals surface area (Å²) in [6.07, 6.45) is 1.44. The molecule has 2 rings (SSSR count). The van der Waals surface area contributed by atoms with Gasteiger partial charge in [0.25, 0.3) is 0 Å². The third kappa shape index (κ3) is 3.38. The fourth-order valence-corrected chi connectivity index (χ4v) is 2.61. The molecule has 0 aliphatic heterocycles. The van der Waals surface area contributed by atoms with Crippen LogP contribution in [0.3, 0.4) is 0 Å². The second kappa shape index (κ2) is 5.94. The molecule has 0 aliphatic rings. The van der Waals surface area contributed by atoms with Crippen molar-refractivity contribution in [3.63, 3.8) is 0 Å². The molecule has 112 valence electrons. The van der Waals surface area contributed by atoms with E-state index in [1.807, 2.05) is 0 Å². The first-order valence-corrected chi connectivity index (χ1v) is 7.38. The highest BCUT2D eigenvalue weighted by Crippen LogP contribution is 2.13. The number of aromatic amines is 1. The van der Waals surface area contributed by atoms with Gasteiger partial charge in [0.05, 0.1) is 23.8 Å². The molecule has 1 aromatic heterocycles. The third-order valence-corrected chi connectivity index (χ3v) is 4.21. The van der Waals surface area contributed by atoms with Crippen molar-refractivity contribution in [3.05, 3.63) is 41.6 Å². The van der Waals surface area contributed by atoms with E-state index < -0.39 is 16.0 Å². The Kier molecular flexibility index (Phi) is 4.24. The lowest BCUT2D eigenvalue weighted by molar-refractivity contribution is 0.0600. The summed E-state index contributed by atoms with van der Waals surface area (Å²) in [5.41, 5.74) is 6.39. The molecule has 8 nitrogen and oxygen atoms in total. The van der Waals surface area contributed by atoms with Crippen LogP contribution in [0.4, 0.5) is 5.82 Å². The predicted molar refractivity (Wildman–Crippen MR) is 74.8 cm³/mol. The van der Waals surface area contributed by atoms with E-state index in [-0.39, 0.29) is 17.0 Å². The van der Waals surface area contributed by atoms with Crippen LogP contribution < -0.4 is 10.5 Å². The van der Waals surface area contributed by atoms with E-state index in [0.29, 0.717) is 11.4 Å². The fraction of sp³-hybridized carbons (Fsp3) is 0.167. The molecule has 0 unspecified atom stereocenters. The zero-order chi connectivity index (χ0) is 15.5. The number of H-pyrrole nitrogens is 1. The molecule has 2 aromatic rings. The Hall–Kier alpha value is -2.39. The smallest absolute Gasteiger partial charge is 0.337 e. The van der Waals surface area contributed by atoms with Gasteiger partial charge in [-0.25, -0.2) is 17.9 Å². The lowest BCUT2D eigenvalue weighted by Gasteiger charge is -2.07. The number of ether oxygens (including phenoxy) is 1. The number of carbonyl (C=O) groups excluding carboxylic acids is 1. The highest BCUT2D eigenvalue weighted by Gasteiger charge is 2.15. The van der Waals surface area contributed by atoms with Crippen molar-refractivity contribution >= 4 is 21.8 Å². The highest BCUT2D eigenvalue weighted by atomic mass is 32.2. The first-order valence-electron chi connectivity index (χ1n) is 5.90. The number of nitrogen functional groups attached to an aromatic ring is 1. The molecule has 21 heavy (non-hydrogen) atoms. The van der Waals surface area contributed by atoms with Gasteiger partial charge in [0.15, 0.2) is 0 Å². The number of nitrogens with two attached hydrogens (primary N) is 1. The molecule has 1 aromatic carbocycles. The van der Waals surface area contributed by atoms with Crippen molar-refractivity contribution in [2.75, 3.05) is 12.8 Å². The highest BCUT2D eigenvalue weighted by molar-refractivity contribution is 7.89. The molecule has 0 bridgehead atoms. The summed E-state index contributed by atoms with van der Waals surface area (Å²) in [6, 6.07) is 5.42. The van der Waals surface area contributed by atoms with Crippen LogP contribution in [0, 0.1) is 0 Å². The van der Waals surface area contributed by atoms with Crippen molar-refractivity contribution in [3.8, 4) is 0 Å². The number of sulfonamides is 1. The number of anilines is 1. The minimum atomic E-state index is -3.70. The molecule has 0 saturated heterocycles. The number of benzene rings is 1. The Morgan fingerprint density at radius 2 is 2.05 bits per heavy atom. The van der Waals surface area contributed by atoms with Crippen molar-refractivity contribution in [2.24, 2.45) is 0 Å². The van der Waals surface area contributed by atoms with E-state index in [0.717, 1.165) is 0 Å². The van der Waals surface area contributed by atoms with Gasteiger partial charge in [-0.3, -0.25) is 5.10 Å². The van der Waals surface area contributed by atoms with Gasteiger partial charge in [0.2, 0.25) is 10.0 Å². The molecule has 0 fully saturated rings. The van der Waals surface area contributed by atoms with Crippen LogP contribution in [0.1, 0.15) is 15.9 Å². The molecule has 0 aliphatic carbocycles. The number of hydrogen-bond acceptors (Lipinski definition) is 6. The van der Waals surface area contributed by atoms with Gasteiger partial charge in [0.1, 0.15) is 5.82 Å². The number of rotatable bonds is 5. The largest absolute Gasteiger partial charge is 0.465 e. The van der Waals surface area contributed by atoms with Gasteiger partial charge in [0, 0.05) is 12.1 Å². The van der Waals surface area contributed by atoms with E-state index in [9.17, 15) is 13.2 Å². The van der Waals surface area contributed by atoms with Gasteiger partial charge >= 0.3 is 5.97 Å². The zero-order valence-corrected chi connectivity index (χ0v) is 12.0. The summed E-state index contributed by atoms with van der Waals surface area (Å²) < 4.78 is 31.1. The molecule has 0 radical (unpaired) electrons. The molecule has 0 atom stereocenters. The summed E-state index contributed by atoms with van der Waals surface area (Å²) in [4.78, 5) is 11.3. The van der Waals surface area contributed by atoms with E-state index >= 15 is 0 Å². The van der Waals surface area contributed by atoms with E-state index in [1.54, 1.807) is 0 Å². The Morgan fingerprint density at radius 1 is 1.38 bits per heavy atom. The molecule has 0 amide bonds. The molecule has 0 saturated carbocycles. The molecule has 9 heteroatoms. The number of aromatic nitrogens is 2. The predicted octanol–water partition coefficient (Wildman–Crippen LogP) is 0.257. The molecule has 4 N–H and O–H groups in total. The van der Waals surface area contributed by atoms with Gasteiger partial charge in [-0.2, -0.15) is 5.10 Å². The summed E-state index contributed by atoms with van der Waals surface area (Å²) in [5, 5.41) is 6.21. The zero-order valence-electron chi connectivity index (χ0n) is 11.2. The Morgan fingerprint density at radius 3 is 2.57 bits per heavy atom. The number of esters is 1. The first kappa shape index (κ1) is 15.0. The van der Waals surface area contributed by atoms with Gasteiger partial charge in [-0.05, 0) is 24.3 Å². The van der Waals surface area contributed by atoms with Crippen molar-refractivity contribution < 1.29 is 17.9 Å². The number of nitrogens with one attached hydrogen (secondary N) is 2. The van der Waals surface area contributed by atoms with E-state index in [2.05, 4.69) is 19.7 Å². The first-order chi connectivity index (χ1) is 9.94. The fourth-order valence-electron chi connectivity index (χ4n) is 1.61. The lowest BCUT2D eigenvalue weighted by atomic mass is 10.2. The lowest BCUT2D eigenvalue weighted by Crippen LogP contribution is -2.23. The SMILES string of the molecule is COC(=O)c1ccc(S(=O)(=O)NCc2cn[nH]c2N)cc1. The number of methoxy groups -OCH3 is 1. The van der Waals surface area contributed by atoms with Crippen LogP contribution in [-0.2, 0) is 21.3 Å². The molecular formula is C12H14N4O4S. The average Bonchev–Trinajstić information content (AvgIpc) is 2.90. The Balaban J connectivity index is 2.12. The van der Waals surface area contributed by atoms with E-state index in [4.69, 9.17) is 5.73 Å². The van der Waals surface area contributed by atoms with Crippen molar-refractivity contribution in [2.45, 2.75) is 11.4 Å². The summed E-state index contributed by atoms with van der Waals surface area (Å²) >= 11 is 0. The van der Waals surface area contributed by atoms with Crippen molar-refractivity contribution in [1.29, 1.82) is 0 Å². The second-order valence-corrected chi connectivity index (χ2v) is 5.92. The molecule has 0 spiro atoms. The van der Waals surface area contributed by atoms with Crippen LogP contribution in [0.5, 0.6) is 0 Å². The number of nitrogens with zero attached hydrogens (tertiary/aromatic N) is 1. The quantitative estimate of drug-likeness (QED) is 0.680. The maximum absolute atomic E-state index is 12.1. The standard InChI is InChI=1S/C12H14N4O4S/c1-20-12(17)8-2-4-10(5-3-8)21(18,19)15-7-9-6-14-16-11(9)13/h2-6,15H,7H2,1H3,(H3,13,14,16). The number of hydrogen-bond donors (Lipinski definition) is 3. The maximum Gasteiger partial charge on any atom is 0.337 e. The third-order valence-electron chi connectivity index (χ3n) is 2.79. The van der Waals surface area contributed by atoms with Gasteiger partial charge in [-0.1, -0.05) is 0 Å². The second-order valence-electron chi connectivity index (χ2n) is 4.15. The minimum absolute atomic E-state index is 0.0173. The van der Waals surface area contributed by atoms with Crippen LogP contribution in [0.15, 0.2) is 35.4 Å². The average molecular weight is 310 g/mol. The van der Waals surface area contributed by atoms with Crippen LogP contribution >= 0.6 is 0 Å².